The molecule has 1 aromatic carbocycles. The number of hydrogen-bond donors (Lipinski definition) is 2. The van der Waals surface area contributed by atoms with E-state index in [2.05, 4.69) is 20.5 Å². The summed E-state index contributed by atoms with van der Waals surface area (Å²) in [4.78, 5) is 23.5. The van der Waals surface area contributed by atoms with E-state index in [0.29, 0.717) is 49.3 Å². The molecule has 0 spiro atoms. The predicted molar refractivity (Wildman–Crippen MR) is 128 cm³/mol. The van der Waals surface area contributed by atoms with Gasteiger partial charge in [0.15, 0.2) is 15.7 Å². The zero-order valence-electron chi connectivity index (χ0n) is 19.1. The number of rotatable bonds is 7. The highest BCUT2D eigenvalue weighted by molar-refractivity contribution is 7.91. The van der Waals surface area contributed by atoms with Crippen LogP contribution in [0.1, 0.15) is 38.8 Å². The Labute approximate surface area is 194 Å². The van der Waals surface area contributed by atoms with Crippen molar-refractivity contribution in [3.8, 4) is 11.4 Å². The molecule has 2 aliphatic rings. The first-order valence-electron chi connectivity index (χ1n) is 11.4. The first-order valence-corrected chi connectivity index (χ1v) is 13.1. The fourth-order valence-electron chi connectivity index (χ4n) is 3.62. The smallest absolute Gasteiger partial charge is 0.319 e. The summed E-state index contributed by atoms with van der Waals surface area (Å²) in [5, 5.41) is 5.30. The Morgan fingerprint density at radius 2 is 1.85 bits per heavy atom. The molecule has 10 heteroatoms. The molecule has 2 aromatic rings. The number of ether oxygens (including phenoxy) is 1. The van der Waals surface area contributed by atoms with E-state index in [1.54, 1.807) is 32.0 Å². The number of amides is 2. The van der Waals surface area contributed by atoms with Crippen molar-refractivity contribution in [3.63, 3.8) is 0 Å². The van der Waals surface area contributed by atoms with E-state index in [-0.39, 0.29) is 17.8 Å². The van der Waals surface area contributed by atoms with Crippen LogP contribution in [0.15, 0.2) is 30.3 Å². The number of carbonyl (C=O) groups is 1. The molecule has 2 N–H and O–H groups in total. The second kappa shape index (κ2) is 10.0. The van der Waals surface area contributed by atoms with Crippen molar-refractivity contribution >= 4 is 27.4 Å². The number of nitrogens with one attached hydrogen (secondary N) is 2. The molecule has 33 heavy (non-hydrogen) atoms. The van der Waals surface area contributed by atoms with E-state index in [9.17, 15) is 13.2 Å². The van der Waals surface area contributed by atoms with E-state index in [1.165, 1.54) is 0 Å². The number of hydrogen-bond acceptors (Lipinski definition) is 7. The number of sulfone groups is 1. The molecule has 1 aliphatic carbocycles. The highest BCUT2D eigenvalue weighted by Crippen LogP contribution is 2.24. The predicted octanol–water partition coefficient (Wildman–Crippen LogP) is 2.98. The molecule has 1 saturated carbocycles. The molecule has 1 aliphatic heterocycles. The summed E-state index contributed by atoms with van der Waals surface area (Å²) in [5.41, 5.74) is 1.89. The molecule has 178 valence electrons. The van der Waals surface area contributed by atoms with Crippen LogP contribution in [-0.4, -0.2) is 62.0 Å². The summed E-state index contributed by atoms with van der Waals surface area (Å²) in [6.45, 7) is 5.92. The van der Waals surface area contributed by atoms with Gasteiger partial charge in [0.05, 0.1) is 29.9 Å². The third-order valence-corrected chi connectivity index (χ3v) is 8.14. The molecule has 2 fully saturated rings. The van der Waals surface area contributed by atoms with Crippen molar-refractivity contribution in [3.05, 3.63) is 36.0 Å². The average Bonchev–Trinajstić information content (AvgIpc) is 2.77. The van der Waals surface area contributed by atoms with Gasteiger partial charge in [-0.25, -0.2) is 23.2 Å². The van der Waals surface area contributed by atoms with Gasteiger partial charge in [0.2, 0.25) is 0 Å². The van der Waals surface area contributed by atoms with Crippen LogP contribution in [-0.2, 0) is 20.3 Å². The van der Waals surface area contributed by atoms with E-state index in [1.807, 2.05) is 12.1 Å². The fourth-order valence-corrected chi connectivity index (χ4v) is 4.51. The summed E-state index contributed by atoms with van der Waals surface area (Å²) >= 11 is 0. The number of benzene rings is 1. The molecule has 4 rings (SSSR count). The Morgan fingerprint density at radius 1 is 1.15 bits per heavy atom. The quantitative estimate of drug-likeness (QED) is 0.635. The van der Waals surface area contributed by atoms with Gasteiger partial charge >= 0.3 is 6.03 Å². The first-order chi connectivity index (χ1) is 15.8. The lowest BCUT2D eigenvalue weighted by Crippen LogP contribution is -2.41. The molecular weight excluding hydrogens is 442 g/mol. The molecule has 2 amide bonds. The van der Waals surface area contributed by atoms with Crippen LogP contribution in [0.4, 0.5) is 16.3 Å². The van der Waals surface area contributed by atoms with Crippen LogP contribution in [0.2, 0.25) is 0 Å². The number of morpholine rings is 1. The van der Waals surface area contributed by atoms with Gasteiger partial charge in [0.25, 0.3) is 0 Å². The van der Waals surface area contributed by atoms with Crippen LogP contribution in [0.3, 0.4) is 0 Å². The van der Waals surface area contributed by atoms with Gasteiger partial charge < -0.3 is 20.3 Å². The first kappa shape index (κ1) is 23.4. The van der Waals surface area contributed by atoms with Crippen molar-refractivity contribution in [2.45, 2.75) is 50.2 Å². The van der Waals surface area contributed by atoms with Crippen LogP contribution in [0, 0.1) is 0 Å². The lowest BCUT2D eigenvalue weighted by atomic mass is 9.93. The molecule has 2 heterocycles. The van der Waals surface area contributed by atoms with Gasteiger partial charge in [-0.15, -0.1) is 0 Å². The van der Waals surface area contributed by atoms with Gasteiger partial charge in [-0.1, -0.05) is 0 Å². The standard InChI is InChI=1S/C23H31N5O4S/c1-16(2)33(30,31)15-20-14-21(28-10-12-32-13-11-28)27-22(24-20)17-6-8-19(9-7-17)26-23(29)25-18-4-3-5-18/h6-9,14,16,18H,3-5,10-13,15H2,1-2H3,(H2,25,26,29). The molecule has 0 unspecified atom stereocenters. The minimum atomic E-state index is -3.31. The molecule has 1 saturated heterocycles. The van der Waals surface area contributed by atoms with E-state index >= 15 is 0 Å². The number of carbonyl (C=O) groups excluding carboxylic acids is 1. The minimum Gasteiger partial charge on any atom is -0.378 e. The Bertz CT molecular complexity index is 1080. The Kier molecular flexibility index (Phi) is 7.14. The number of aromatic nitrogens is 2. The number of nitrogens with zero attached hydrogens (tertiary/aromatic N) is 3. The van der Waals surface area contributed by atoms with Gasteiger partial charge in [0.1, 0.15) is 5.82 Å². The van der Waals surface area contributed by atoms with Gasteiger partial charge in [-0.05, 0) is 57.4 Å². The summed E-state index contributed by atoms with van der Waals surface area (Å²) in [6, 6.07) is 9.07. The highest BCUT2D eigenvalue weighted by Gasteiger charge is 2.22. The Balaban J connectivity index is 1.57. The number of anilines is 2. The fraction of sp³-hybridized carbons (Fsp3) is 0.522. The molecule has 0 radical (unpaired) electrons. The van der Waals surface area contributed by atoms with Crippen LogP contribution in [0.5, 0.6) is 0 Å². The lowest BCUT2D eigenvalue weighted by Gasteiger charge is -2.28. The van der Waals surface area contributed by atoms with Gasteiger partial charge in [-0.3, -0.25) is 0 Å². The van der Waals surface area contributed by atoms with Crippen molar-refractivity contribution in [1.82, 2.24) is 15.3 Å². The number of urea groups is 1. The zero-order valence-corrected chi connectivity index (χ0v) is 19.9. The minimum absolute atomic E-state index is 0.140. The molecule has 0 bridgehead atoms. The van der Waals surface area contributed by atoms with Crippen LogP contribution >= 0.6 is 0 Å². The summed E-state index contributed by atoms with van der Waals surface area (Å²) < 4.78 is 30.5. The second-order valence-electron chi connectivity index (χ2n) is 8.80. The van der Waals surface area contributed by atoms with E-state index in [4.69, 9.17) is 9.72 Å². The van der Waals surface area contributed by atoms with Crippen molar-refractivity contribution in [2.24, 2.45) is 0 Å². The molecule has 1 aromatic heterocycles. The SMILES string of the molecule is CC(C)S(=O)(=O)Cc1cc(N2CCOCC2)nc(-c2ccc(NC(=O)NC3CCC3)cc2)n1. The van der Waals surface area contributed by atoms with Crippen molar-refractivity contribution in [1.29, 1.82) is 0 Å². The Morgan fingerprint density at radius 3 is 2.45 bits per heavy atom. The van der Waals surface area contributed by atoms with Crippen molar-refractivity contribution < 1.29 is 17.9 Å². The zero-order chi connectivity index (χ0) is 23.4. The average molecular weight is 474 g/mol. The third kappa shape index (κ3) is 6.00. The van der Waals surface area contributed by atoms with Crippen molar-refractivity contribution in [2.75, 3.05) is 36.5 Å². The largest absolute Gasteiger partial charge is 0.378 e. The second-order valence-corrected chi connectivity index (χ2v) is 11.4. The lowest BCUT2D eigenvalue weighted by molar-refractivity contribution is 0.122. The Hall–Kier alpha value is -2.72. The third-order valence-electron chi connectivity index (χ3n) is 6.01. The molecule has 0 atom stereocenters. The summed E-state index contributed by atoms with van der Waals surface area (Å²) in [7, 11) is -3.31. The van der Waals surface area contributed by atoms with E-state index in [0.717, 1.165) is 24.8 Å². The molecule has 9 nitrogen and oxygen atoms in total. The molecular formula is C23H31N5O4S. The van der Waals surface area contributed by atoms with E-state index < -0.39 is 15.1 Å². The highest BCUT2D eigenvalue weighted by atomic mass is 32.2. The topological polar surface area (TPSA) is 114 Å². The van der Waals surface area contributed by atoms with Crippen LogP contribution < -0.4 is 15.5 Å². The normalized spacial score (nSPS) is 17.0. The summed E-state index contributed by atoms with van der Waals surface area (Å²) in [5.74, 6) is 1.01. The maximum absolute atomic E-state index is 12.5. The van der Waals surface area contributed by atoms with Crippen LogP contribution in [0.25, 0.3) is 11.4 Å². The van der Waals surface area contributed by atoms with Gasteiger partial charge in [0, 0.05) is 36.4 Å². The monoisotopic (exact) mass is 473 g/mol. The maximum atomic E-state index is 12.5. The van der Waals surface area contributed by atoms with Gasteiger partial charge in [-0.2, -0.15) is 0 Å². The summed E-state index contributed by atoms with van der Waals surface area (Å²) in [6.07, 6.45) is 3.21. The maximum Gasteiger partial charge on any atom is 0.319 e.